The third-order valence-corrected chi connectivity index (χ3v) is 6.17. The number of fused-ring (bicyclic) bond motifs is 3. The monoisotopic (exact) mass is 396 g/mol. The predicted octanol–water partition coefficient (Wildman–Crippen LogP) is 4.04. The molecule has 6 nitrogen and oxygen atoms in total. The molecule has 0 radical (unpaired) electrons. The van der Waals surface area contributed by atoms with E-state index in [9.17, 15) is 4.79 Å². The number of carbonyl (C=O) groups is 1. The maximum absolute atomic E-state index is 13.0. The first-order valence-corrected chi connectivity index (χ1v) is 9.85. The number of hydrazine groups is 1. The molecule has 0 spiro atoms. The zero-order chi connectivity index (χ0) is 19.4. The summed E-state index contributed by atoms with van der Waals surface area (Å²) in [5, 5.41) is 4.76. The number of ether oxygens (including phenoxy) is 1. The Morgan fingerprint density at radius 1 is 1.25 bits per heavy atom. The second-order valence-electron chi connectivity index (χ2n) is 7.45. The van der Waals surface area contributed by atoms with Crippen molar-refractivity contribution in [3.8, 4) is 17.1 Å². The van der Waals surface area contributed by atoms with Crippen LogP contribution in [-0.4, -0.2) is 52.1 Å². The lowest BCUT2D eigenvalue weighted by atomic mass is 10.1. The highest BCUT2D eigenvalue weighted by Gasteiger charge is 2.41. The number of hydrogen-bond donors (Lipinski definition) is 1. The van der Waals surface area contributed by atoms with Crippen molar-refractivity contribution in [3.05, 3.63) is 46.5 Å². The topological polar surface area (TPSA) is 61.5 Å². The predicted molar refractivity (Wildman–Crippen MR) is 109 cm³/mol. The van der Waals surface area contributed by atoms with Gasteiger partial charge in [-0.3, -0.25) is 9.80 Å². The van der Waals surface area contributed by atoms with Crippen LogP contribution in [0.25, 0.3) is 22.4 Å². The molecule has 144 valence electrons. The van der Waals surface area contributed by atoms with Crippen LogP contribution in [0.5, 0.6) is 5.75 Å². The van der Waals surface area contributed by atoms with Gasteiger partial charge in [0, 0.05) is 23.7 Å². The van der Waals surface area contributed by atoms with Crippen LogP contribution < -0.4 is 4.74 Å². The van der Waals surface area contributed by atoms with Crippen LogP contribution >= 0.6 is 11.6 Å². The number of amides is 1. The largest absolute Gasteiger partial charge is 0.496 e. The molecule has 0 saturated carbocycles. The number of benzene rings is 2. The molecule has 1 aromatic heterocycles. The number of nitrogens with one attached hydrogen (secondary N) is 1. The van der Waals surface area contributed by atoms with Crippen LogP contribution in [0, 0.1) is 6.92 Å². The van der Waals surface area contributed by atoms with Crippen molar-refractivity contribution in [1.82, 2.24) is 20.0 Å². The number of halogens is 1. The van der Waals surface area contributed by atoms with Crippen LogP contribution in [-0.2, 0) is 0 Å². The van der Waals surface area contributed by atoms with Crippen LogP contribution in [0.15, 0.2) is 30.3 Å². The number of H-pyrrole nitrogens is 1. The molecular formula is C21H21ClN4O2. The van der Waals surface area contributed by atoms with Gasteiger partial charge in [-0.2, -0.15) is 0 Å². The highest BCUT2D eigenvalue weighted by Crippen LogP contribution is 2.34. The SMILES string of the molecule is COc1cc(C(=O)N2C3CCN2CC3)ccc1-c1nc2cc(Cl)c(C)cc2[nH]1. The van der Waals surface area contributed by atoms with Crippen molar-refractivity contribution in [2.24, 2.45) is 0 Å². The Morgan fingerprint density at radius 3 is 2.71 bits per heavy atom. The zero-order valence-electron chi connectivity index (χ0n) is 15.8. The van der Waals surface area contributed by atoms with Gasteiger partial charge < -0.3 is 9.72 Å². The van der Waals surface area contributed by atoms with Crippen molar-refractivity contribution >= 4 is 28.5 Å². The molecule has 5 rings (SSSR count). The summed E-state index contributed by atoms with van der Waals surface area (Å²) in [6.45, 7) is 3.89. The molecule has 0 aliphatic carbocycles. The van der Waals surface area contributed by atoms with Crippen LogP contribution in [0.4, 0.5) is 0 Å². The zero-order valence-corrected chi connectivity index (χ0v) is 16.6. The summed E-state index contributed by atoms with van der Waals surface area (Å²) in [7, 11) is 1.61. The Bertz CT molecular complexity index is 1030. The van der Waals surface area contributed by atoms with E-state index in [0.717, 1.165) is 48.1 Å². The van der Waals surface area contributed by atoms with Gasteiger partial charge >= 0.3 is 0 Å². The fraction of sp³-hybridized carbons (Fsp3) is 0.333. The average molecular weight is 397 g/mol. The molecular weight excluding hydrogens is 376 g/mol. The maximum Gasteiger partial charge on any atom is 0.268 e. The maximum atomic E-state index is 13.0. The van der Waals surface area contributed by atoms with Gasteiger partial charge in [-0.25, -0.2) is 9.99 Å². The molecule has 2 saturated heterocycles. The van der Waals surface area contributed by atoms with Crippen LogP contribution in [0.3, 0.4) is 0 Å². The third-order valence-electron chi connectivity index (χ3n) is 5.77. The van der Waals surface area contributed by atoms with Gasteiger partial charge in [0.15, 0.2) is 0 Å². The Morgan fingerprint density at radius 2 is 2.04 bits per heavy atom. The standard InChI is InChI=1S/C21H21ClN4O2/c1-12-9-17-18(11-16(12)22)24-20(23-17)15-4-3-13(10-19(15)28-2)21(27)26-14-5-7-25(26)8-6-14/h3-4,9-11,14H,5-8H2,1-2H3,(H,23,24). The Balaban J connectivity index is 1.52. The van der Waals surface area contributed by atoms with Crippen molar-refractivity contribution in [1.29, 1.82) is 0 Å². The number of nitrogens with zero attached hydrogens (tertiary/aromatic N) is 3. The number of carbonyl (C=O) groups excluding carboxylic acids is 1. The molecule has 2 fully saturated rings. The fourth-order valence-corrected chi connectivity index (χ4v) is 4.41. The van der Waals surface area contributed by atoms with E-state index >= 15 is 0 Å². The molecule has 3 heterocycles. The summed E-state index contributed by atoms with van der Waals surface area (Å²) in [6.07, 6.45) is 2.11. The summed E-state index contributed by atoms with van der Waals surface area (Å²) in [5.74, 6) is 1.35. The van der Waals surface area contributed by atoms with E-state index in [1.54, 1.807) is 7.11 Å². The van der Waals surface area contributed by atoms with Crippen LogP contribution in [0.2, 0.25) is 5.02 Å². The average Bonchev–Trinajstić information content (AvgIpc) is 3.41. The minimum absolute atomic E-state index is 0.0388. The van der Waals surface area contributed by atoms with Gasteiger partial charge in [0.2, 0.25) is 0 Å². The Hall–Kier alpha value is -2.57. The van der Waals surface area contributed by atoms with E-state index in [-0.39, 0.29) is 5.91 Å². The molecule has 2 bridgehead atoms. The van der Waals surface area contributed by atoms with Gasteiger partial charge in [-0.1, -0.05) is 11.6 Å². The van der Waals surface area contributed by atoms with E-state index in [1.165, 1.54) is 0 Å². The van der Waals surface area contributed by atoms with Crippen molar-refractivity contribution in [2.45, 2.75) is 25.8 Å². The van der Waals surface area contributed by atoms with Crippen molar-refractivity contribution in [2.75, 3.05) is 20.2 Å². The van der Waals surface area contributed by atoms with Crippen molar-refractivity contribution in [3.63, 3.8) is 0 Å². The second-order valence-corrected chi connectivity index (χ2v) is 7.86. The summed E-state index contributed by atoms with van der Waals surface area (Å²) in [5.41, 5.74) is 4.16. The van der Waals surface area contributed by atoms with E-state index in [0.29, 0.717) is 28.2 Å². The van der Waals surface area contributed by atoms with Crippen LogP contribution in [0.1, 0.15) is 28.8 Å². The first-order chi connectivity index (χ1) is 13.5. The molecule has 2 aromatic carbocycles. The smallest absolute Gasteiger partial charge is 0.268 e. The van der Waals surface area contributed by atoms with E-state index in [1.807, 2.05) is 42.3 Å². The number of aryl methyl sites for hydroxylation is 1. The number of hydrogen-bond acceptors (Lipinski definition) is 4. The fourth-order valence-electron chi connectivity index (χ4n) is 4.26. The molecule has 3 aromatic rings. The number of rotatable bonds is 3. The highest BCUT2D eigenvalue weighted by molar-refractivity contribution is 6.32. The molecule has 0 unspecified atom stereocenters. The van der Waals surface area contributed by atoms with E-state index in [2.05, 4.69) is 15.0 Å². The van der Waals surface area contributed by atoms with Crippen molar-refractivity contribution < 1.29 is 9.53 Å². The summed E-state index contributed by atoms with van der Waals surface area (Å²) < 4.78 is 5.60. The first kappa shape index (κ1) is 17.5. The molecule has 0 atom stereocenters. The van der Waals surface area contributed by atoms with Gasteiger partial charge in [-0.05, 0) is 55.7 Å². The molecule has 28 heavy (non-hydrogen) atoms. The minimum Gasteiger partial charge on any atom is -0.496 e. The summed E-state index contributed by atoms with van der Waals surface area (Å²) >= 11 is 6.22. The highest BCUT2D eigenvalue weighted by atomic mass is 35.5. The molecule has 1 N–H and O–H groups in total. The second kappa shape index (κ2) is 6.50. The first-order valence-electron chi connectivity index (χ1n) is 9.48. The Labute approximate surface area is 168 Å². The van der Waals surface area contributed by atoms with Gasteiger partial charge in [0.1, 0.15) is 11.6 Å². The number of methoxy groups -OCH3 is 1. The summed E-state index contributed by atoms with van der Waals surface area (Å²) in [4.78, 5) is 21.0. The number of aromatic nitrogens is 2. The molecule has 2 aliphatic heterocycles. The lowest BCUT2D eigenvalue weighted by Gasteiger charge is -2.24. The van der Waals surface area contributed by atoms with E-state index in [4.69, 9.17) is 16.3 Å². The van der Waals surface area contributed by atoms with Gasteiger partial charge in [-0.15, -0.1) is 0 Å². The minimum atomic E-state index is 0.0388. The molecule has 7 heteroatoms. The van der Waals surface area contributed by atoms with Gasteiger partial charge in [0.25, 0.3) is 5.91 Å². The Kier molecular flexibility index (Phi) is 4.07. The van der Waals surface area contributed by atoms with Gasteiger partial charge in [0.05, 0.1) is 29.7 Å². The summed E-state index contributed by atoms with van der Waals surface area (Å²) in [6, 6.07) is 9.73. The normalized spacial score (nSPS) is 20.9. The molecule has 1 amide bonds. The lowest BCUT2D eigenvalue weighted by molar-refractivity contribution is 0.0334. The molecule has 2 aliphatic rings. The van der Waals surface area contributed by atoms with E-state index < -0.39 is 0 Å². The number of aromatic amines is 1. The lowest BCUT2D eigenvalue weighted by Crippen LogP contribution is -2.38. The third kappa shape index (κ3) is 2.67. The quantitative estimate of drug-likeness (QED) is 0.725. The number of piperidine rings is 1. The number of imidazole rings is 1.